The highest BCUT2D eigenvalue weighted by Crippen LogP contribution is 2.30. The standard InChI is InChI=1S/C19H30O13/c1-7-17(30-10(4)22)16(26)18(12(29-7)6-28-9(3)21)32-19-15(25)14(24)13(23)11(31-19)5-27-8(2)20/h7,11-19,23-26H,5-6H2,1-4H3/t7?,11?,12?,13-,14?,15-,16?,17+,18+,19-/m0/s1. The Bertz CT molecular complexity index is 668. The number of hydrogen-bond donors (Lipinski definition) is 4. The van der Waals surface area contributed by atoms with Crippen molar-refractivity contribution >= 4 is 17.9 Å². The van der Waals surface area contributed by atoms with E-state index in [-0.39, 0.29) is 6.61 Å². The SMILES string of the molecule is CC(=O)OCC1O[C@@H](O[C@@H]2C(COC(C)=O)OC(C)[C@@H](OC(C)=O)C2O)[C@@H](O)C(O)[C@H]1O. The maximum absolute atomic E-state index is 11.4. The van der Waals surface area contributed by atoms with Crippen LogP contribution in [0.4, 0.5) is 0 Å². The molecule has 4 N–H and O–H groups in total. The van der Waals surface area contributed by atoms with Crippen molar-refractivity contribution in [1.29, 1.82) is 0 Å². The van der Waals surface area contributed by atoms with Gasteiger partial charge in [-0.15, -0.1) is 0 Å². The minimum Gasteiger partial charge on any atom is -0.463 e. The maximum Gasteiger partial charge on any atom is 0.303 e. The van der Waals surface area contributed by atoms with E-state index < -0.39 is 85.7 Å². The van der Waals surface area contributed by atoms with E-state index in [1.165, 1.54) is 13.8 Å². The highest BCUT2D eigenvalue weighted by Gasteiger charge is 2.51. The van der Waals surface area contributed by atoms with Crippen LogP contribution in [-0.2, 0) is 42.8 Å². The van der Waals surface area contributed by atoms with Crippen molar-refractivity contribution in [3.8, 4) is 0 Å². The van der Waals surface area contributed by atoms with Crippen molar-refractivity contribution in [2.75, 3.05) is 13.2 Å². The molecule has 184 valence electrons. The molecule has 2 fully saturated rings. The summed E-state index contributed by atoms with van der Waals surface area (Å²) < 4.78 is 31.7. The summed E-state index contributed by atoms with van der Waals surface area (Å²) in [6, 6.07) is 0. The van der Waals surface area contributed by atoms with Gasteiger partial charge < -0.3 is 48.8 Å². The van der Waals surface area contributed by atoms with Gasteiger partial charge in [-0.05, 0) is 6.92 Å². The molecule has 5 unspecified atom stereocenters. The lowest BCUT2D eigenvalue weighted by Crippen LogP contribution is -2.64. The molecule has 0 aromatic rings. The fourth-order valence-corrected chi connectivity index (χ4v) is 3.50. The van der Waals surface area contributed by atoms with Crippen LogP contribution in [-0.4, -0.2) is 113 Å². The summed E-state index contributed by atoms with van der Waals surface area (Å²) in [6.07, 6.45) is -13.8. The molecule has 0 aromatic heterocycles. The van der Waals surface area contributed by atoms with Gasteiger partial charge in [-0.1, -0.05) is 0 Å². The summed E-state index contributed by atoms with van der Waals surface area (Å²) in [6.45, 7) is 4.22. The molecule has 32 heavy (non-hydrogen) atoms. The molecule has 2 heterocycles. The Morgan fingerprint density at radius 3 is 1.81 bits per heavy atom. The Labute approximate surface area is 184 Å². The second-order valence-electron chi connectivity index (χ2n) is 7.66. The minimum atomic E-state index is -1.76. The molecule has 0 amide bonds. The van der Waals surface area contributed by atoms with Crippen molar-refractivity contribution in [1.82, 2.24) is 0 Å². The van der Waals surface area contributed by atoms with Gasteiger partial charge in [0.05, 0.1) is 6.10 Å². The van der Waals surface area contributed by atoms with Crippen molar-refractivity contribution < 1.29 is 63.2 Å². The second kappa shape index (κ2) is 11.3. The molecule has 2 aliphatic heterocycles. The van der Waals surface area contributed by atoms with Crippen LogP contribution in [0, 0.1) is 0 Å². The minimum absolute atomic E-state index is 0.334. The Hall–Kier alpha value is -1.87. The maximum atomic E-state index is 11.4. The molecule has 0 saturated carbocycles. The number of carbonyl (C=O) groups excluding carboxylic acids is 3. The van der Waals surface area contributed by atoms with Gasteiger partial charge in [0, 0.05) is 20.8 Å². The molecule has 2 rings (SSSR count). The molecule has 13 nitrogen and oxygen atoms in total. The van der Waals surface area contributed by atoms with Gasteiger partial charge in [0.25, 0.3) is 0 Å². The lowest BCUT2D eigenvalue weighted by Gasteiger charge is -2.46. The van der Waals surface area contributed by atoms with E-state index in [1.54, 1.807) is 0 Å². The van der Waals surface area contributed by atoms with Crippen LogP contribution < -0.4 is 0 Å². The summed E-state index contributed by atoms with van der Waals surface area (Å²) in [5, 5.41) is 41.4. The van der Waals surface area contributed by atoms with Crippen LogP contribution in [0.25, 0.3) is 0 Å². The van der Waals surface area contributed by atoms with Gasteiger partial charge in [-0.2, -0.15) is 0 Å². The molecule has 0 spiro atoms. The number of esters is 3. The van der Waals surface area contributed by atoms with E-state index in [1.807, 2.05) is 0 Å². The van der Waals surface area contributed by atoms with Crippen LogP contribution in [0.3, 0.4) is 0 Å². The normalized spacial score (nSPS) is 39.8. The largest absolute Gasteiger partial charge is 0.463 e. The number of rotatable bonds is 7. The fraction of sp³-hybridized carbons (Fsp3) is 0.842. The Kier molecular flexibility index (Phi) is 9.33. The third-order valence-electron chi connectivity index (χ3n) is 5.06. The van der Waals surface area contributed by atoms with Crippen LogP contribution in [0.5, 0.6) is 0 Å². The van der Waals surface area contributed by atoms with Crippen LogP contribution in [0.1, 0.15) is 27.7 Å². The molecule has 2 saturated heterocycles. The summed E-state index contributed by atoms with van der Waals surface area (Å²) in [4.78, 5) is 33.7. The topological polar surface area (TPSA) is 188 Å². The average molecular weight is 466 g/mol. The summed E-state index contributed by atoms with van der Waals surface area (Å²) >= 11 is 0. The number of carbonyl (C=O) groups is 3. The molecule has 0 bridgehead atoms. The van der Waals surface area contributed by atoms with Gasteiger partial charge in [-0.3, -0.25) is 14.4 Å². The van der Waals surface area contributed by atoms with Crippen molar-refractivity contribution in [2.45, 2.75) is 88.9 Å². The van der Waals surface area contributed by atoms with E-state index in [0.717, 1.165) is 13.8 Å². The van der Waals surface area contributed by atoms with E-state index >= 15 is 0 Å². The lowest BCUT2D eigenvalue weighted by molar-refractivity contribution is -0.341. The summed E-state index contributed by atoms with van der Waals surface area (Å²) in [5.74, 6) is -1.96. The second-order valence-corrected chi connectivity index (χ2v) is 7.66. The third kappa shape index (κ3) is 6.57. The molecule has 13 heteroatoms. The quantitative estimate of drug-likeness (QED) is 0.226. The van der Waals surface area contributed by atoms with Gasteiger partial charge in [-0.25, -0.2) is 0 Å². The monoisotopic (exact) mass is 466 g/mol. The summed E-state index contributed by atoms with van der Waals surface area (Å²) in [5.41, 5.74) is 0. The Morgan fingerprint density at radius 2 is 1.28 bits per heavy atom. The molecule has 0 radical (unpaired) electrons. The first-order valence-corrected chi connectivity index (χ1v) is 10.0. The fourth-order valence-electron chi connectivity index (χ4n) is 3.50. The summed E-state index contributed by atoms with van der Waals surface area (Å²) in [7, 11) is 0. The predicted molar refractivity (Wildman–Crippen MR) is 101 cm³/mol. The number of ether oxygens (including phenoxy) is 6. The van der Waals surface area contributed by atoms with E-state index in [4.69, 9.17) is 28.4 Å². The predicted octanol–water partition coefficient (Wildman–Crippen LogP) is -2.61. The molecule has 2 aliphatic rings. The Morgan fingerprint density at radius 1 is 0.719 bits per heavy atom. The molecule has 0 aliphatic carbocycles. The van der Waals surface area contributed by atoms with E-state index in [9.17, 15) is 34.8 Å². The van der Waals surface area contributed by atoms with Gasteiger partial charge in [0.15, 0.2) is 12.4 Å². The zero-order chi connectivity index (χ0) is 24.2. The van der Waals surface area contributed by atoms with Crippen molar-refractivity contribution in [2.24, 2.45) is 0 Å². The third-order valence-corrected chi connectivity index (χ3v) is 5.06. The first-order valence-electron chi connectivity index (χ1n) is 10.0. The zero-order valence-corrected chi connectivity index (χ0v) is 18.2. The highest BCUT2D eigenvalue weighted by molar-refractivity contribution is 5.66. The lowest BCUT2D eigenvalue weighted by atomic mass is 9.94. The molecule has 0 aromatic carbocycles. The molecular formula is C19H30O13. The van der Waals surface area contributed by atoms with Gasteiger partial charge in [0.1, 0.15) is 55.9 Å². The van der Waals surface area contributed by atoms with Crippen molar-refractivity contribution in [3.63, 3.8) is 0 Å². The van der Waals surface area contributed by atoms with Crippen LogP contribution >= 0.6 is 0 Å². The molecule has 10 atom stereocenters. The zero-order valence-electron chi connectivity index (χ0n) is 18.2. The van der Waals surface area contributed by atoms with E-state index in [0.29, 0.717) is 0 Å². The molecular weight excluding hydrogens is 436 g/mol. The van der Waals surface area contributed by atoms with Crippen LogP contribution in [0.15, 0.2) is 0 Å². The smallest absolute Gasteiger partial charge is 0.303 e. The number of aliphatic hydroxyl groups excluding tert-OH is 4. The Balaban J connectivity index is 2.22. The first kappa shape index (κ1) is 26.4. The average Bonchev–Trinajstić information content (AvgIpc) is 2.70. The number of aliphatic hydroxyl groups is 4. The first-order chi connectivity index (χ1) is 14.9. The van der Waals surface area contributed by atoms with E-state index in [2.05, 4.69) is 0 Å². The van der Waals surface area contributed by atoms with Crippen molar-refractivity contribution in [3.05, 3.63) is 0 Å². The van der Waals surface area contributed by atoms with Gasteiger partial charge in [0.2, 0.25) is 0 Å². The van der Waals surface area contributed by atoms with Gasteiger partial charge >= 0.3 is 17.9 Å². The van der Waals surface area contributed by atoms with Crippen LogP contribution in [0.2, 0.25) is 0 Å². The highest BCUT2D eigenvalue weighted by atomic mass is 16.7. The number of hydrogen-bond acceptors (Lipinski definition) is 13.